The average molecular weight is 444 g/mol. The van der Waals surface area contributed by atoms with E-state index >= 15 is 0 Å². The minimum absolute atomic E-state index is 0.248. The van der Waals surface area contributed by atoms with Crippen LogP contribution in [-0.4, -0.2) is 17.5 Å². The van der Waals surface area contributed by atoms with Crippen LogP contribution >= 0.6 is 23.2 Å². The lowest BCUT2D eigenvalue weighted by molar-refractivity contribution is 0.0954. The molecule has 0 aliphatic heterocycles. The molecule has 0 spiro atoms. The molecule has 2 N–H and O–H groups in total. The van der Waals surface area contributed by atoms with Gasteiger partial charge in [-0.3, -0.25) is 9.59 Å². The van der Waals surface area contributed by atoms with E-state index in [1.807, 2.05) is 0 Å². The number of carbonyl (C=O) groups excluding carboxylic acids is 2. The van der Waals surface area contributed by atoms with Crippen LogP contribution in [0.15, 0.2) is 71.8 Å². The van der Waals surface area contributed by atoms with E-state index in [0.29, 0.717) is 27.5 Å². The molecule has 0 saturated carbocycles. The summed E-state index contributed by atoms with van der Waals surface area (Å²) in [4.78, 5) is 24.6. The van der Waals surface area contributed by atoms with Crippen LogP contribution in [0.1, 0.15) is 33.2 Å². The summed E-state index contributed by atoms with van der Waals surface area (Å²) in [5, 5.41) is 7.52. The van der Waals surface area contributed by atoms with Gasteiger partial charge in [0.05, 0.1) is 16.3 Å². The quantitative estimate of drug-likeness (QED) is 0.401. The highest BCUT2D eigenvalue weighted by molar-refractivity contribution is 6.37. The molecule has 30 heavy (non-hydrogen) atoms. The first kappa shape index (κ1) is 21.5. The highest BCUT2D eigenvalue weighted by Gasteiger charge is 2.12. The number of amides is 2. The molecule has 0 bridgehead atoms. The zero-order valence-corrected chi connectivity index (χ0v) is 17.3. The largest absolute Gasteiger partial charge is 0.322 e. The minimum Gasteiger partial charge on any atom is -0.322 e. The number of hydrazone groups is 1. The maximum atomic E-state index is 13.0. The van der Waals surface area contributed by atoms with Crippen LogP contribution in [-0.2, 0) is 0 Å². The lowest BCUT2D eigenvalue weighted by Gasteiger charge is -2.09. The van der Waals surface area contributed by atoms with Gasteiger partial charge in [0.15, 0.2) is 0 Å². The number of hydrogen-bond acceptors (Lipinski definition) is 3. The molecular formula is C22H16Cl2FN3O2. The fraction of sp³-hybridized carbons (Fsp3) is 0.0455. The molecule has 8 heteroatoms. The first-order valence-corrected chi connectivity index (χ1v) is 9.56. The van der Waals surface area contributed by atoms with E-state index in [2.05, 4.69) is 15.8 Å². The van der Waals surface area contributed by atoms with Crippen LogP contribution in [0.25, 0.3) is 0 Å². The van der Waals surface area contributed by atoms with Crippen LogP contribution in [0, 0.1) is 5.82 Å². The average Bonchev–Trinajstić information content (AvgIpc) is 2.72. The Labute approximate surface area is 182 Å². The third-order valence-electron chi connectivity index (χ3n) is 4.15. The summed E-state index contributed by atoms with van der Waals surface area (Å²) in [5.74, 6) is -1.27. The van der Waals surface area contributed by atoms with Gasteiger partial charge in [-0.2, -0.15) is 5.10 Å². The topological polar surface area (TPSA) is 70.6 Å². The Balaban J connectivity index is 1.70. The van der Waals surface area contributed by atoms with Gasteiger partial charge in [-0.1, -0.05) is 35.3 Å². The molecule has 3 aromatic carbocycles. The van der Waals surface area contributed by atoms with Crippen LogP contribution < -0.4 is 10.7 Å². The molecule has 0 atom stereocenters. The number of hydrogen-bond donors (Lipinski definition) is 2. The Kier molecular flexibility index (Phi) is 6.82. The Morgan fingerprint density at radius 2 is 1.63 bits per heavy atom. The third-order valence-corrected chi connectivity index (χ3v) is 4.69. The van der Waals surface area contributed by atoms with E-state index in [1.165, 1.54) is 30.3 Å². The van der Waals surface area contributed by atoms with Crippen molar-refractivity contribution in [2.24, 2.45) is 5.10 Å². The Morgan fingerprint density at radius 3 is 2.33 bits per heavy atom. The zero-order valence-electron chi connectivity index (χ0n) is 15.7. The molecular weight excluding hydrogens is 428 g/mol. The molecule has 0 aliphatic carbocycles. The molecule has 3 rings (SSSR count). The standard InChI is InChI=1S/C22H16Cl2FN3O2/c1-13(27-28-21(29)14-5-8-17(25)9-6-14)15-3-2-4-18(11-15)26-22(30)19-10-7-16(23)12-20(19)24/h2-12H,1H3,(H,26,30)(H,28,29)/b27-13-. The van der Waals surface area contributed by atoms with E-state index in [9.17, 15) is 14.0 Å². The molecule has 5 nitrogen and oxygen atoms in total. The monoisotopic (exact) mass is 443 g/mol. The van der Waals surface area contributed by atoms with Gasteiger partial charge in [0.1, 0.15) is 5.82 Å². The van der Waals surface area contributed by atoms with Crippen molar-refractivity contribution in [2.45, 2.75) is 6.92 Å². The van der Waals surface area contributed by atoms with Crippen molar-refractivity contribution in [3.05, 3.63) is 99.3 Å². The van der Waals surface area contributed by atoms with Gasteiger partial charge in [0.25, 0.3) is 11.8 Å². The van der Waals surface area contributed by atoms with Crippen molar-refractivity contribution in [3.8, 4) is 0 Å². The van der Waals surface area contributed by atoms with Crippen molar-refractivity contribution in [3.63, 3.8) is 0 Å². The van der Waals surface area contributed by atoms with Gasteiger partial charge in [0.2, 0.25) is 0 Å². The van der Waals surface area contributed by atoms with E-state index in [4.69, 9.17) is 23.2 Å². The number of carbonyl (C=O) groups is 2. The predicted octanol–water partition coefficient (Wildman–Crippen LogP) is 5.54. The third kappa shape index (κ3) is 5.43. The Hall–Kier alpha value is -3.22. The lowest BCUT2D eigenvalue weighted by Crippen LogP contribution is -2.19. The summed E-state index contributed by atoms with van der Waals surface area (Å²) in [6, 6.07) is 16.7. The second kappa shape index (κ2) is 9.52. The summed E-state index contributed by atoms with van der Waals surface area (Å²) in [5.41, 5.74) is 4.74. The molecule has 2 amide bonds. The fourth-order valence-corrected chi connectivity index (χ4v) is 3.05. The Morgan fingerprint density at radius 1 is 0.900 bits per heavy atom. The lowest BCUT2D eigenvalue weighted by atomic mass is 10.1. The smallest absolute Gasteiger partial charge is 0.271 e. The van der Waals surface area contributed by atoms with Crippen LogP contribution in [0.5, 0.6) is 0 Å². The summed E-state index contributed by atoms with van der Waals surface area (Å²) < 4.78 is 13.0. The van der Waals surface area contributed by atoms with E-state index in [1.54, 1.807) is 43.3 Å². The normalized spacial score (nSPS) is 11.1. The molecule has 0 unspecified atom stereocenters. The van der Waals surface area contributed by atoms with Crippen molar-refractivity contribution in [1.82, 2.24) is 5.43 Å². The maximum absolute atomic E-state index is 13.0. The maximum Gasteiger partial charge on any atom is 0.271 e. The number of halogens is 3. The summed E-state index contributed by atoms with van der Waals surface area (Å²) in [7, 11) is 0. The molecule has 152 valence electrons. The first-order valence-electron chi connectivity index (χ1n) is 8.80. The number of rotatable bonds is 5. The van der Waals surface area contributed by atoms with Gasteiger partial charge >= 0.3 is 0 Å². The number of nitrogens with one attached hydrogen (secondary N) is 2. The second-order valence-electron chi connectivity index (χ2n) is 6.30. The molecule has 0 aliphatic rings. The van der Waals surface area contributed by atoms with E-state index in [0.717, 1.165) is 0 Å². The molecule has 0 fully saturated rings. The highest BCUT2D eigenvalue weighted by Crippen LogP contribution is 2.22. The SMILES string of the molecule is C/C(=N/NC(=O)c1ccc(F)cc1)c1cccc(NC(=O)c2ccc(Cl)cc2Cl)c1. The minimum atomic E-state index is -0.462. The molecule has 0 saturated heterocycles. The summed E-state index contributed by atoms with van der Waals surface area (Å²) in [6.07, 6.45) is 0. The van der Waals surface area contributed by atoms with E-state index < -0.39 is 11.7 Å². The fourth-order valence-electron chi connectivity index (χ4n) is 2.56. The predicted molar refractivity (Wildman–Crippen MR) is 117 cm³/mol. The van der Waals surface area contributed by atoms with Crippen molar-refractivity contribution in [2.75, 3.05) is 5.32 Å². The second-order valence-corrected chi connectivity index (χ2v) is 7.15. The van der Waals surface area contributed by atoms with Crippen molar-refractivity contribution < 1.29 is 14.0 Å². The number of nitrogens with zero attached hydrogens (tertiary/aromatic N) is 1. The van der Waals surface area contributed by atoms with Crippen molar-refractivity contribution >= 4 is 46.4 Å². The van der Waals surface area contributed by atoms with E-state index in [-0.39, 0.29) is 16.5 Å². The van der Waals surface area contributed by atoms with Gasteiger partial charge < -0.3 is 5.32 Å². The van der Waals surface area contributed by atoms with Gasteiger partial charge in [0, 0.05) is 16.3 Å². The number of anilines is 1. The molecule has 0 aromatic heterocycles. The van der Waals surface area contributed by atoms with Crippen molar-refractivity contribution in [1.29, 1.82) is 0 Å². The summed E-state index contributed by atoms with van der Waals surface area (Å²) >= 11 is 11.9. The highest BCUT2D eigenvalue weighted by atomic mass is 35.5. The number of benzene rings is 3. The zero-order chi connectivity index (χ0) is 21.7. The summed E-state index contributed by atoms with van der Waals surface area (Å²) in [6.45, 7) is 1.71. The van der Waals surface area contributed by atoms with Gasteiger partial charge in [-0.25, -0.2) is 9.82 Å². The molecule has 0 heterocycles. The van der Waals surface area contributed by atoms with Crippen LogP contribution in [0.3, 0.4) is 0 Å². The van der Waals surface area contributed by atoms with Gasteiger partial charge in [-0.05, 0) is 67.1 Å². The molecule has 0 radical (unpaired) electrons. The van der Waals surface area contributed by atoms with Crippen LogP contribution in [0.2, 0.25) is 10.0 Å². The Bertz CT molecular complexity index is 1130. The first-order chi connectivity index (χ1) is 14.3. The van der Waals surface area contributed by atoms with Gasteiger partial charge in [-0.15, -0.1) is 0 Å². The molecule has 3 aromatic rings. The van der Waals surface area contributed by atoms with Crippen LogP contribution in [0.4, 0.5) is 10.1 Å².